The van der Waals surface area contributed by atoms with Gasteiger partial charge in [0.25, 0.3) is 5.71 Å². The highest BCUT2D eigenvalue weighted by Gasteiger charge is 2.32. The summed E-state index contributed by atoms with van der Waals surface area (Å²) in [5.41, 5.74) is 8.91. The number of nitrogens with zero attached hydrogens (tertiary/aromatic N) is 2. The average molecular weight is 420 g/mol. The van der Waals surface area contributed by atoms with Gasteiger partial charge in [-0.3, -0.25) is 0 Å². The predicted molar refractivity (Wildman–Crippen MR) is 86.0 cm³/mol. The van der Waals surface area contributed by atoms with Gasteiger partial charge in [0.05, 0.1) is 17.2 Å². The standard InChI is InChI=1S/C10H2BF7O3.C6H6N2/c12-3-1-2(5(14)7(16)6(3)15)10(21-11(19)20)9(18)8(17)4(1)13;7-8-6-4-2-1-3-5-6/h19-20H;1-4H,5H2. The minimum atomic E-state index is -2.84. The zero-order valence-corrected chi connectivity index (χ0v) is 13.9. The minimum Gasteiger partial charge on any atom is -0.509 e. The molecule has 0 amide bonds. The lowest BCUT2D eigenvalue weighted by Gasteiger charge is -2.13. The van der Waals surface area contributed by atoms with Gasteiger partial charge in [0, 0.05) is 6.08 Å². The molecule has 1 aliphatic rings. The Morgan fingerprint density at radius 3 is 1.72 bits per heavy atom. The van der Waals surface area contributed by atoms with E-state index in [0.29, 0.717) is 5.71 Å². The van der Waals surface area contributed by atoms with Crippen molar-refractivity contribution in [1.29, 1.82) is 0 Å². The molecule has 0 unspecified atom stereocenters. The quantitative estimate of drug-likeness (QED) is 0.195. The van der Waals surface area contributed by atoms with Gasteiger partial charge < -0.3 is 20.2 Å². The predicted octanol–water partition coefficient (Wildman–Crippen LogP) is 3.34. The molecule has 2 aromatic rings. The highest BCUT2D eigenvalue weighted by Crippen LogP contribution is 2.38. The normalized spacial score (nSPS) is 12.5. The van der Waals surface area contributed by atoms with Gasteiger partial charge in [0.2, 0.25) is 5.82 Å². The second-order valence-electron chi connectivity index (χ2n) is 5.30. The maximum absolute atomic E-state index is 13.6. The van der Waals surface area contributed by atoms with E-state index in [1.807, 2.05) is 18.2 Å². The molecule has 2 aromatic carbocycles. The Hall–Kier alpha value is -3.15. The van der Waals surface area contributed by atoms with Crippen molar-refractivity contribution in [3.05, 3.63) is 70.6 Å². The Balaban J connectivity index is 0.000000313. The molecule has 0 bridgehead atoms. The van der Waals surface area contributed by atoms with Crippen molar-refractivity contribution in [2.75, 3.05) is 0 Å². The Morgan fingerprint density at radius 2 is 1.31 bits per heavy atom. The van der Waals surface area contributed by atoms with Crippen LogP contribution in [-0.2, 0) is 0 Å². The molecular formula is C16H8BF7N2O3. The molecule has 13 heteroatoms. The van der Waals surface area contributed by atoms with Gasteiger partial charge in [-0.2, -0.15) is 9.18 Å². The summed E-state index contributed by atoms with van der Waals surface area (Å²) in [6.07, 6.45) is 8.23. The molecule has 0 spiro atoms. The fraction of sp³-hybridized carbons (Fsp3) is 0.0625. The fourth-order valence-corrected chi connectivity index (χ4v) is 2.26. The van der Waals surface area contributed by atoms with Crippen LogP contribution in [0, 0.1) is 40.7 Å². The number of hydrogen-bond acceptors (Lipinski definition) is 3. The first kappa shape index (κ1) is 22.1. The van der Waals surface area contributed by atoms with E-state index in [4.69, 9.17) is 15.6 Å². The molecule has 0 aliphatic heterocycles. The van der Waals surface area contributed by atoms with Gasteiger partial charge in [-0.05, 0) is 0 Å². The van der Waals surface area contributed by atoms with Gasteiger partial charge in [0.1, 0.15) is 0 Å². The summed E-state index contributed by atoms with van der Waals surface area (Å²) in [4.78, 5) is 3.03. The van der Waals surface area contributed by atoms with Gasteiger partial charge in [-0.1, -0.05) is 18.2 Å². The van der Waals surface area contributed by atoms with Crippen molar-refractivity contribution in [1.82, 2.24) is 0 Å². The zero-order chi connectivity index (χ0) is 21.9. The molecule has 0 heterocycles. The van der Waals surface area contributed by atoms with E-state index in [2.05, 4.69) is 9.44 Å². The van der Waals surface area contributed by atoms with E-state index in [1.165, 1.54) is 0 Å². The summed E-state index contributed by atoms with van der Waals surface area (Å²) in [6.45, 7) is 0. The van der Waals surface area contributed by atoms with E-state index < -0.39 is 64.6 Å². The SMILES string of the molecule is OB(O)Oc1c(F)c(F)c(F)c2c(F)c(F)c(F)c(F)c12.[N-]=[N+]=C1C=CC=CC1. The topological polar surface area (TPSA) is 86.1 Å². The smallest absolute Gasteiger partial charge is 0.509 e. The Labute approximate surface area is 157 Å². The van der Waals surface area contributed by atoms with Crippen molar-refractivity contribution in [3.63, 3.8) is 0 Å². The lowest BCUT2D eigenvalue weighted by Crippen LogP contribution is -2.22. The number of hydrogen-bond donors (Lipinski definition) is 2. The molecule has 0 radical (unpaired) electrons. The van der Waals surface area contributed by atoms with Crippen molar-refractivity contribution >= 4 is 23.8 Å². The Morgan fingerprint density at radius 1 is 0.793 bits per heavy atom. The van der Waals surface area contributed by atoms with Gasteiger partial charge in [0.15, 0.2) is 40.7 Å². The first-order valence-electron chi connectivity index (χ1n) is 7.50. The molecule has 0 fully saturated rings. The maximum atomic E-state index is 13.6. The van der Waals surface area contributed by atoms with Crippen LogP contribution in [0.25, 0.3) is 16.3 Å². The van der Waals surface area contributed by atoms with Crippen LogP contribution in [0.2, 0.25) is 0 Å². The summed E-state index contributed by atoms with van der Waals surface area (Å²) in [5, 5.41) is 13.6. The third kappa shape index (κ3) is 4.31. The van der Waals surface area contributed by atoms with Crippen LogP contribution in [0.5, 0.6) is 5.75 Å². The number of fused-ring (bicyclic) bond motifs is 1. The largest absolute Gasteiger partial charge is 0.707 e. The molecule has 152 valence electrons. The van der Waals surface area contributed by atoms with Crippen molar-refractivity contribution in [3.8, 4) is 5.75 Å². The monoisotopic (exact) mass is 420 g/mol. The summed E-state index contributed by atoms with van der Waals surface area (Å²) in [5.74, 6) is -18.3. The Kier molecular flexibility index (Phi) is 6.80. The highest BCUT2D eigenvalue weighted by atomic mass is 19.2. The molecule has 29 heavy (non-hydrogen) atoms. The lowest BCUT2D eigenvalue weighted by molar-refractivity contribution is -0.00538. The van der Waals surface area contributed by atoms with Crippen LogP contribution in [0.3, 0.4) is 0 Å². The molecule has 0 atom stereocenters. The average Bonchev–Trinajstić information content (AvgIpc) is 2.71. The summed E-state index contributed by atoms with van der Waals surface area (Å²) < 4.78 is 97.1. The van der Waals surface area contributed by atoms with Crippen LogP contribution in [0.15, 0.2) is 24.3 Å². The fourth-order valence-electron chi connectivity index (χ4n) is 2.26. The third-order valence-electron chi connectivity index (χ3n) is 3.51. The van der Waals surface area contributed by atoms with E-state index in [0.717, 1.165) is 6.42 Å². The van der Waals surface area contributed by atoms with Crippen molar-refractivity contribution in [2.45, 2.75) is 6.42 Å². The second kappa shape index (κ2) is 8.90. The number of allylic oxidation sites excluding steroid dienone is 4. The molecule has 5 nitrogen and oxygen atoms in total. The van der Waals surface area contributed by atoms with Crippen LogP contribution >= 0.6 is 0 Å². The lowest BCUT2D eigenvalue weighted by atomic mass is 10.0. The molecule has 0 aromatic heterocycles. The van der Waals surface area contributed by atoms with Crippen LogP contribution in [0.4, 0.5) is 30.7 Å². The second-order valence-corrected chi connectivity index (χ2v) is 5.30. The first-order chi connectivity index (χ1) is 13.6. The van der Waals surface area contributed by atoms with Crippen LogP contribution in [0.1, 0.15) is 6.42 Å². The Bertz CT molecular complexity index is 1070. The molecule has 0 saturated heterocycles. The van der Waals surface area contributed by atoms with Gasteiger partial charge >= 0.3 is 7.32 Å². The number of halogens is 7. The van der Waals surface area contributed by atoms with E-state index in [-0.39, 0.29) is 0 Å². The number of benzene rings is 2. The summed E-state index contributed by atoms with van der Waals surface area (Å²) in [6, 6.07) is 0. The van der Waals surface area contributed by atoms with E-state index in [9.17, 15) is 30.7 Å². The molecule has 3 rings (SSSR count). The van der Waals surface area contributed by atoms with Crippen LogP contribution in [-0.4, -0.2) is 27.9 Å². The summed E-state index contributed by atoms with van der Waals surface area (Å²) in [7, 11) is -2.84. The van der Waals surface area contributed by atoms with Crippen molar-refractivity contribution in [2.24, 2.45) is 0 Å². The molecule has 1 aliphatic carbocycles. The summed E-state index contributed by atoms with van der Waals surface area (Å²) >= 11 is 0. The van der Waals surface area contributed by atoms with Gasteiger partial charge in [-0.25, -0.2) is 26.3 Å². The third-order valence-corrected chi connectivity index (χ3v) is 3.51. The molecular weight excluding hydrogens is 412 g/mol. The molecule has 2 N–H and O–H groups in total. The first-order valence-corrected chi connectivity index (χ1v) is 7.50. The molecule has 0 saturated carbocycles. The zero-order valence-electron chi connectivity index (χ0n) is 13.9. The number of rotatable bonds is 2. The van der Waals surface area contributed by atoms with Crippen molar-refractivity contribution < 1.29 is 50.2 Å². The highest BCUT2D eigenvalue weighted by molar-refractivity contribution is 6.34. The van der Waals surface area contributed by atoms with Gasteiger partial charge in [-0.15, -0.1) is 0 Å². The van der Waals surface area contributed by atoms with Crippen LogP contribution < -0.4 is 4.65 Å². The maximum Gasteiger partial charge on any atom is 0.707 e. The van der Waals surface area contributed by atoms with E-state index in [1.54, 1.807) is 6.08 Å². The van der Waals surface area contributed by atoms with E-state index >= 15 is 0 Å². The minimum absolute atomic E-state index is 0.715.